The normalized spacial score (nSPS) is 13.9. The second-order valence-corrected chi connectivity index (χ2v) is 5.44. The summed E-state index contributed by atoms with van der Waals surface area (Å²) in [6.07, 6.45) is 1.85. The van der Waals surface area contributed by atoms with Gasteiger partial charge in [0.1, 0.15) is 0 Å². The van der Waals surface area contributed by atoms with E-state index >= 15 is 0 Å². The van der Waals surface area contributed by atoms with Crippen LogP contribution < -0.4 is 4.90 Å². The predicted molar refractivity (Wildman–Crippen MR) is 81.3 cm³/mol. The van der Waals surface area contributed by atoms with E-state index in [-0.39, 0.29) is 11.0 Å². The zero-order valence-corrected chi connectivity index (χ0v) is 11.8. The highest BCUT2D eigenvalue weighted by molar-refractivity contribution is 8.13. The van der Waals surface area contributed by atoms with Crippen molar-refractivity contribution in [3.8, 4) is 0 Å². The molecule has 0 atom stereocenters. The Kier molecular flexibility index (Phi) is 3.07. The van der Waals surface area contributed by atoms with Crippen LogP contribution in [0.2, 0.25) is 0 Å². The molecule has 0 aromatic heterocycles. The minimum Gasteiger partial charge on any atom is -0.344 e. The minimum atomic E-state index is -0.154. The summed E-state index contributed by atoms with van der Waals surface area (Å²) in [6, 6.07) is 16.3. The van der Waals surface area contributed by atoms with E-state index in [9.17, 15) is 4.79 Å². The summed E-state index contributed by atoms with van der Waals surface area (Å²) in [5.74, 6) is -0.154. The van der Waals surface area contributed by atoms with Crippen molar-refractivity contribution in [3.05, 3.63) is 59.7 Å². The highest BCUT2D eigenvalue weighted by atomic mass is 32.2. The zero-order valence-electron chi connectivity index (χ0n) is 11.0. The Balaban J connectivity index is 2.26. The van der Waals surface area contributed by atoms with E-state index < -0.39 is 0 Å². The number of thioether (sulfide) groups is 1. The largest absolute Gasteiger partial charge is 0.344 e. The summed E-state index contributed by atoms with van der Waals surface area (Å²) in [6.45, 7) is 0. The molecule has 0 spiro atoms. The van der Waals surface area contributed by atoms with Crippen molar-refractivity contribution in [1.82, 2.24) is 0 Å². The van der Waals surface area contributed by atoms with Gasteiger partial charge in [-0.05, 0) is 29.5 Å². The van der Waals surface area contributed by atoms with Gasteiger partial charge < -0.3 is 4.90 Å². The van der Waals surface area contributed by atoms with Gasteiger partial charge in [-0.3, -0.25) is 4.79 Å². The fraction of sp³-hybridized carbons (Fsp3) is 0.188. The van der Waals surface area contributed by atoms with E-state index in [1.165, 1.54) is 11.8 Å². The van der Waals surface area contributed by atoms with E-state index in [1.807, 2.05) is 30.5 Å². The molecule has 3 heteroatoms. The van der Waals surface area contributed by atoms with Crippen LogP contribution in [0, 0.1) is 0 Å². The number of nitrogens with zero attached hydrogens (tertiary/aromatic N) is 1. The Labute approximate surface area is 117 Å². The first-order chi connectivity index (χ1) is 9.24. The molecule has 0 unspecified atom stereocenters. The van der Waals surface area contributed by atoms with E-state index in [0.29, 0.717) is 0 Å². The Morgan fingerprint density at radius 2 is 1.47 bits per heavy atom. The molecule has 2 aromatic carbocycles. The maximum Gasteiger partial charge on any atom is 0.200 e. The number of para-hydroxylation sites is 2. The Hall–Kier alpha value is -1.74. The monoisotopic (exact) mass is 269 g/mol. The van der Waals surface area contributed by atoms with Crippen molar-refractivity contribution in [3.63, 3.8) is 0 Å². The molecular weight excluding hydrogens is 254 g/mol. The van der Waals surface area contributed by atoms with Gasteiger partial charge in [0.2, 0.25) is 5.12 Å². The lowest BCUT2D eigenvalue weighted by Crippen LogP contribution is -2.24. The van der Waals surface area contributed by atoms with E-state index in [1.54, 1.807) is 0 Å². The zero-order chi connectivity index (χ0) is 13.4. The van der Waals surface area contributed by atoms with Crippen LogP contribution in [-0.4, -0.2) is 18.4 Å². The maximum atomic E-state index is 12.3. The molecule has 0 saturated heterocycles. The third-order valence-corrected chi connectivity index (χ3v) is 4.29. The van der Waals surface area contributed by atoms with Crippen LogP contribution in [-0.2, 0) is 4.79 Å². The van der Waals surface area contributed by atoms with Crippen LogP contribution in [0.25, 0.3) is 0 Å². The molecule has 19 heavy (non-hydrogen) atoms. The van der Waals surface area contributed by atoms with Gasteiger partial charge >= 0.3 is 0 Å². The number of hydrogen-bond donors (Lipinski definition) is 0. The van der Waals surface area contributed by atoms with Crippen LogP contribution in [0.3, 0.4) is 0 Å². The average molecular weight is 269 g/mol. The van der Waals surface area contributed by atoms with E-state index in [0.717, 1.165) is 22.5 Å². The summed E-state index contributed by atoms with van der Waals surface area (Å²) in [5, 5.41) is 0.202. The van der Waals surface area contributed by atoms with Crippen LogP contribution in [0.4, 0.5) is 11.4 Å². The average Bonchev–Trinajstić information content (AvgIpc) is 2.47. The number of hydrogen-bond acceptors (Lipinski definition) is 3. The highest BCUT2D eigenvalue weighted by Crippen LogP contribution is 2.45. The molecule has 1 aliphatic heterocycles. The quantitative estimate of drug-likeness (QED) is 0.785. The fourth-order valence-electron chi connectivity index (χ4n) is 2.74. The van der Waals surface area contributed by atoms with Crippen molar-refractivity contribution in [1.29, 1.82) is 0 Å². The summed E-state index contributed by atoms with van der Waals surface area (Å²) >= 11 is 1.30. The smallest absolute Gasteiger partial charge is 0.200 e. The van der Waals surface area contributed by atoms with E-state index in [4.69, 9.17) is 0 Å². The SMILES string of the molecule is CSC(=O)C1c2ccccc2N(C)c2ccccc21. The van der Waals surface area contributed by atoms with Gasteiger partial charge in [-0.1, -0.05) is 48.2 Å². The van der Waals surface area contributed by atoms with Crippen molar-refractivity contribution in [2.45, 2.75) is 5.92 Å². The van der Waals surface area contributed by atoms with Gasteiger partial charge in [0.15, 0.2) is 0 Å². The maximum absolute atomic E-state index is 12.3. The molecule has 96 valence electrons. The second-order valence-electron chi connectivity index (χ2n) is 4.63. The second kappa shape index (κ2) is 4.74. The lowest BCUT2D eigenvalue weighted by atomic mass is 9.86. The van der Waals surface area contributed by atoms with Crippen LogP contribution in [0.15, 0.2) is 48.5 Å². The van der Waals surface area contributed by atoms with Crippen LogP contribution in [0.1, 0.15) is 17.0 Å². The molecule has 0 radical (unpaired) electrons. The molecular formula is C16H15NOS. The fourth-order valence-corrected chi connectivity index (χ4v) is 3.23. The number of carbonyl (C=O) groups excluding carboxylic acids is 1. The standard InChI is InChI=1S/C16H15NOS/c1-17-13-9-5-3-7-11(13)15(16(18)19-2)12-8-4-6-10-14(12)17/h3-10,15H,1-2H3. The molecule has 1 heterocycles. The number of rotatable bonds is 1. The number of anilines is 2. The molecule has 0 fully saturated rings. The Morgan fingerprint density at radius 3 is 1.95 bits per heavy atom. The van der Waals surface area contributed by atoms with Crippen LogP contribution in [0.5, 0.6) is 0 Å². The van der Waals surface area contributed by atoms with Crippen molar-refractivity contribution in [2.24, 2.45) is 0 Å². The van der Waals surface area contributed by atoms with Gasteiger partial charge in [-0.2, -0.15) is 0 Å². The first-order valence-corrected chi connectivity index (χ1v) is 7.46. The van der Waals surface area contributed by atoms with Gasteiger partial charge in [0, 0.05) is 18.4 Å². The van der Waals surface area contributed by atoms with Gasteiger partial charge in [-0.25, -0.2) is 0 Å². The lowest BCUT2D eigenvalue weighted by Gasteiger charge is -2.34. The summed E-state index contributed by atoms with van der Waals surface area (Å²) in [7, 11) is 2.05. The first kappa shape index (κ1) is 12.3. The number of benzene rings is 2. The molecule has 2 aromatic rings. The van der Waals surface area contributed by atoms with Crippen molar-refractivity contribution in [2.75, 3.05) is 18.2 Å². The van der Waals surface area contributed by atoms with Gasteiger partial charge in [0.05, 0.1) is 5.92 Å². The van der Waals surface area contributed by atoms with Crippen LogP contribution >= 0.6 is 11.8 Å². The lowest BCUT2D eigenvalue weighted by molar-refractivity contribution is -0.111. The third kappa shape index (κ3) is 1.85. The molecule has 0 saturated carbocycles. The molecule has 0 bridgehead atoms. The number of fused-ring (bicyclic) bond motifs is 2. The van der Waals surface area contributed by atoms with Crippen molar-refractivity contribution < 1.29 is 4.79 Å². The Morgan fingerprint density at radius 1 is 1.00 bits per heavy atom. The van der Waals surface area contributed by atoms with E-state index in [2.05, 4.69) is 36.2 Å². The first-order valence-electron chi connectivity index (χ1n) is 6.23. The molecule has 3 rings (SSSR count). The topological polar surface area (TPSA) is 20.3 Å². The number of carbonyl (C=O) groups is 1. The summed E-state index contributed by atoms with van der Waals surface area (Å²) in [5.41, 5.74) is 4.44. The predicted octanol–water partition coefficient (Wildman–Crippen LogP) is 3.79. The highest BCUT2D eigenvalue weighted by Gasteiger charge is 2.32. The molecule has 2 nitrogen and oxygen atoms in total. The summed E-state index contributed by atoms with van der Waals surface area (Å²) < 4.78 is 0. The molecule has 1 aliphatic rings. The third-order valence-electron chi connectivity index (χ3n) is 3.66. The molecule has 0 aliphatic carbocycles. The van der Waals surface area contributed by atoms with Crippen molar-refractivity contribution >= 4 is 28.3 Å². The summed E-state index contributed by atoms with van der Waals surface area (Å²) in [4.78, 5) is 14.5. The van der Waals surface area contributed by atoms with Gasteiger partial charge in [0.25, 0.3) is 0 Å². The Bertz CT molecular complexity index is 591. The molecule has 0 amide bonds. The van der Waals surface area contributed by atoms with Gasteiger partial charge in [-0.15, -0.1) is 0 Å². The minimum absolute atomic E-state index is 0.154. The molecule has 0 N–H and O–H groups in total.